The minimum atomic E-state index is -0.174. The highest BCUT2D eigenvalue weighted by molar-refractivity contribution is 5.81. The predicted molar refractivity (Wildman–Crippen MR) is 86.5 cm³/mol. The summed E-state index contributed by atoms with van der Waals surface area (Å²) in [5.41, 5.74) is 0.347. The summed E-state index contributed by atoms with van der Waals surface area (Å²) in [6, 6.07) is 0. The van der Waals surface area contributed by atoms with E-state index in [1.807, 2.05) is 0 Å². The van der Waals surface area contributed by atoms with Crippen molar-refractivity contribution in [2.75, 3.05) is 13.2 Å². The van der Waals surface area contributed by atoms with Crippen molar-refractivity contribution in [3.05, 3.63) is 0 Å². The number of carbonyl (C=O) groups is 2. The Labute approximate surface area is 138 Å². The van der Waals surface area contributed by atoms with Crippen molar-refractivity contribution in [3.63, 3.8) is 0 Å². The summed E-state index contributed by atoms with van der Waals surface area (Å²) in [6.07, 6.45) is 12.2. The number of ether oxygens (including phenoxy) is 1. The van der Waals surface area contributed by atoms with Crippen molar-refractivity contribution in [2.45, 2.75) is 64.2 Å². The third-order valence-electron chi connectivity index (χ3n) is 6.86. The first kappa shape index (κ1) is 15.5. The summed E-state index contributed by atoms with van der Waals surface area (Å²) in [6.45, 7) is 0.692. The second kappa shape index (κ2) is 6.10. The van der Waals surface area contributed by atoms with Crippen LogP contribution >= 0.6 is 0 Å². The first-order valence-electron chi connectivity index (χ1n) is 9.55. The van der Waals surface area contributed by atoms with E-state index in [0.29, 0.717) is 5.41 Å². The molecule has 0 aromatic rings. The first-order valence-corrected chi connectivity index (χ1v) is 9.55. The molecule has 0 unspecified atom stereocenters. The van der Waals surface area contributed by atoms with E-state index >= 15 is 0 Å². The topological polar surface area (TPSA) is 55.4 Å². The second-order valence-electron chi connectivity index (χ2n) is 8.78. The van der Waals surface area contributed by atoms with Crippen LogP contribution in [0.15, 0.2) is 0 Å². The molecule has 0 aliphatic heterocycles. The van der Waals surface area contributed by atoms with Crippen molar-refractivity contribution in [1.82, 2.24) is 5.32 Å². The zero-order valence-electron chi connectivity index (χ0n) is 14.0. The molecule has 1 N–H and O–H groups in total. The second-order valence-corrected chi connectivity index (χ2v) is 8.78. The molecule has 0 radical (unpaired) electrons. The monoisotopic (exact) mass is 319 g/mol. The number of hydrogen-bond acceptors (Lipinski definition) is 3. The molecule has 0 aromatic carbocycles. The highest BCUT2D eigenvalue weighted by atomic mass is 16.5. The van der Waals surface area contributed by atoms with Crippen molar-refractivity contribution in [3.8, 4) is 0 Å². The maximum atomic E-state index is 12.1. The highest BCUT2D eigenvalue weighted by Gasteiger charge is 2.50. The van der Waals surface area contributed by atoms with E-state index in [0.717, 1.165) is 50.0 Å². The van der Waals surface area contributed by atoms with Crippen molar-refractivity contribution in [2.24, 2.45) is 29.1 Å². The van der Waals surface area contributed by atoms with Crippen LogP contribution in [0, 0.1) is 29.1 Å². The van der Waals surface area contributed by atoms with E-state index in [1.54, 1.807) is 0 Å². The smallest absolute Gasteiger partial charge is 0.309 e. The predicted octanol–water partition coefficient (Wildman–Crippen LogP) is 3.05. The van der Waals surface area contributed by atoms with E-state index in [-0.39, 0.29) is 24.4 Å². The fourth-order valence-corrected chi connectivity index (χ4v) is 6.26. The van der Waals surface area contributed by atoms with Crippen molar-refractivity contribution in [1.29, 1.82) is 0 Å². The lowest BCUT2D eigenvalue weighted by Gasteiger charge is -2.56. The van der Waals surface area contributed by atoms with Gasteiger partial charge in [-0.05, 0) is 74.5 Å². The molecule has 5 saturated carbocycles. The molecule has 4 bridgehead atoms. The molecule has 1 amide bonds. The molecule has 4 heteroatoms. The molecular formula is C19H29NO3. The fraction of sp³-hybridized carbons (Fsp3) is 0.895. The van der Waals surface area contributed by atoms with Gasteiger partial charge in [0.05, 0.1) is 5.92 Å². The van der Waals surface area contributed by atoms with Crippen LogP contribution in [0.4, 0.5) is 0 Å². The summed E-state index contributed by atoms with van der Waals surface area (Å²) in [5.74, 6) is 2.44. The van der Waals surface area contributed by atoms with Crippen LogP contribution < -0.4 is 5.32 Å². The van der Waals surface area contributed by atoms with Crippen LogP contribution in [0.5, 0.6) is 0 Å². The van der Waals surface area contributed by atoms with E-state index < -0.39 is 0 Å². The first-order chi connectivity index (χ1) is 11.1. The van der Waals surface area contributed by atoms with Gasteiger partial charge in [-0.3, -0.25) is 9.59 Å². The highest BCUT2D eigenvalue weighted by Crippen LogP contribution is 2.59. The number of rotatable bonds is 5. The molecule has 5 rings (SSSR count). The Kier molecular flexibility index (Phi) is 4.10. The van der Waals surface area contributed by atoms with Gasteiger partial charge < -0.3 is 10.1 Å². The van der Waals surface area contributed by atoms with Crippen molar-refractivity contribution < 1.29 is 14.3 Å². The number of hydrogen-bond donors (Lipinski definition) is 1. The maximum Gasteiger partial charge on any atom is 0.309 e. The van der Waals surface area contributed by atoms with Crippen LogP contribution in [0.3, 0.4) is 0 Å². The third kappa shape index (κ3) is 3.27. The van der Waals surface area contributed by atoms with Gasteiger partial charge >= 0.3 is 5.97 Å². The van der Waals surface area contributed by atoms with Gasteiger partial charge in [0.25, 0.3) is 5.91 Å². The van der Waals surface area contributed by atoms with Crippen LogP contribution in [-0.4, -0.2) is 25.0 Å². The summed E-state index contributed by atoms with van der Waals surface area (Å²) in [5, 5.41) is 3.07. The lowest BCUT2D eigenvalue weighted by molar-refractivity contribution is -0.152. The minimum absolute atomic E-state index is 0.0333. The number of amides is 1. The Morgan fingerprint density at radius 1 is 0.957 bits per heavy atom. The molecule has 0 saturated heterocycles. The molecule has 5 aliphatic carbocycles. The number of carbonyl (C=O) groups excluding carboxylic acids is 2. The minimum Gasteiger partial charge on any atom is -0.455 e. The Balaban J connectivity index is 1.23. The van der Waals surface area contributed by atoms with E-state index in [9.17, 15) is 9.59 Å². The maximum absolute atomic E-state index is 12.1. The fourth-order valence-electron chi connectivity index (χ4n) is 6.26. The molecule has 5 fully saturated rings. The van der Waals surface area contributed by atoms with Gasteiger partial charge in [-0.25, -0.2) is 0 Å². The molecule has 0 atom stereocenters. The summed E-state index contributed by atoms with van der Waals surface area (Å²) < 4.78 is 5.21. The van der Waals surface area contributed by atoms with Gasteiger partial charge in [-0.1, -0.05) is 12.8 Å². The van der Waals surface area contributed by atoms with Gasteiger partial charge in [0.15, 0.2) is 6.61 Å². The van der Waals surface area contributed by atoms with Crippen molar-refractivity contribution >= 4 is 11.9 Å². The molecule has 0 aromatic heterocycles. The van der Waals surface area contributed by atoms with Crippen LogP contribution in [0.25, 0.3) is 0 Å². The summed E-state index contributed by atoms with van der Waals surface area (Å²) in [7, 11) is 0. The zero-order chi connectivity index (χ0) is 15.9. The molecule has 0 spiro atoms. The van der Waals surface area contributed by atoms with Gasteiger partial charge in [-0.15, -0.1) is 0 Å². The van der Waals surface area contributed by atoms with Crippen LogP contribution in [0.2, 0.25) is 0 Å². The number of nitrogens with one attached hydrogen (secondary N) is 1. The quantitative estimate of drug-likeness (QED) is 0.792. The lowest BCUT2D eigenvalue weighted by atomic mass is 9.49. The molecule has 128 valence electrons. The Bertz CT molecular complexity index is 446. The van der Waals surface area contributed by atoms with E-state index in [2.05, 4.69) is 5.32 Å². The van der Waals surface area contributed by atoms with Crippen LogP contribution in [0.1, 0.15) is 64.2 Å². The van der Waals surface area contributed by atoms with Gasteiger partial charge in [0, 0.05) is 6.54 Å². The zero-order valence-corrected chi connectivity index (χ0v) is 14.0. The standard InChI is InChI=1S/C19H29NO3/c21-17(11-23-18(22)16-3-1-2-4-16)20-12-19-8-13-5-14(9-19)7-15(6-13)10-19/h13-16H,1-12H2,(H,20,21). The third-order valence-corrected chi connectivity index (χ3v) is 6.86. The Hall–Kier alpha value is -1.06. The molecular weight excluding hydrogens is 290 g/mol. The van der Waals surface area contributed by atoms with Gasteiger partial charge in [-0.2, -0.15) is 0 Å². The van der Waals surface area contributed by atoms with Crippen LogP contribution in [-0.2, 0) is 14.3 Å². The molecule has 5 aliphatic rings. The molecule has 23 heavy (non-hydrogen) atoms. The van der Waals surface area contributed by atoms with E-state index in [1.165, 1.54) is 38.5 Å². The van der Waals surface area contributed by atoms with E-state index in [4.69, 9.17) is 4.74 Å². The SMILES string of the molecule is O=C(COC(=O)C1CCCC1)NCC12CC3CC(CC(C3)C1)C2. The summed E-state index contributed by atoms with van der Waals surface area (Å²) >= 11 is 0. The van der Waals surface area contributed by atoms with Gasteiger partial charge in [0.1, 0.15) is 0 Å². The number of esters is 1. The molecule has 4 nitrogen and oxygen atoms in total. The Morgan fingerprint density at radius 3 is 2.09 bits per heavy atom. The lowest BCUT2D eigenvalue weighted by Crippen LogP contribution is -2.51. The average molecular weight is 319 g/mol. The summed E-state index contributed by atoms with van der Waals surface area (Å²) in [4.78, 5) is 23.9. The molecule has 0 heterocycles. The normalized spacial score (nSPS) is 38.7. The van der Waals surface area contributed by atoms with Gasteiger partial charge in [0.2, 0.25) is 0 Å². The largest absolute Gasteiger partial charge is 0.455 e. The Morgan fingerprint density at radius 2 is 1.52 bits per heavy atom. The average Bonchev–Trinajstić information content (AvgIpc) is 3.04.